The van der Waals surface area contributed by atoms with Gasteiger partial charge in [-0.15, -0.1) is 5.10 Å². The first kappa shape index (κ1) is 19.3. The SMILES string of the molecule is Cc1ccc(-c2ccc(-n3nnc4cnc(C[C@@H]5CC[C@@H](C(N)=O)C5)nc43)cc2)cn1. The second-order valence-corrected chi connectivity index (χ2v) is 8.21. The molecule has 1 aromatic carbocycles. The van der Waals surface area contributed by atoms with Crippen LogP contribution in [0.1, 0.15) is 30.8 Å². The third-order valence-electron chi connectivity index (χ3n) is 6.01. The fraction of sp³-hybridized carbons (Fsp3) is 0.304. The van der Waals surface area contributed by atoms with Crippen LogP contribution in [0.5, 0.6) is 0 Å². The van der Waals surface area contributed by atoms with Gasteiger partial charge in [0.25, 0.3) is 0 Å². The van der Waals surface area contributed by atoms with E-state index in [1.54, 1.807) is 10.9 Å². The summed E-state index contributed by atoms with van der Waals surface area (Å²) in [7, 11) is 0. The van der Waals surface area contributed by atoms with E-state index in [1.165, 1.54) is 0 Å². The molecule has 1 aliphatic carbocycles. The maximum absolute atomic E-state index is 11.4. The average molecular weight is 413 g/mol. The number of aromatic nitrogens is 6. The number of aryl methyl sites for hydroxylation is 1. The Kier molecular flexibility index (Phi) is 4.89. The van der Waals surface area contributed by atoms with Crippen molar-refractivity contribution >= 4 is 17.1 Å². The largest absolute Gasteiger partial charge is 0.369 e. The molecule has 0 saturated heterocycles. The van der Waals surface area contributed by atoms with Gasteiger partial charge in [-0.05, 0) is 55.9 Å². The average Bonchev–Trinajstić information content (AvgIpc) is 3.42. The first-order valence-electron chi connectivity index (χ1n) is 10.5. The quantitative estimate of drug-likeness (QED) is 0.538. The zero-order valence-corrected chi connectivity index (χ0v) is 17.3. The summed E-state index contributed by atoms with van der Waals surface area (Å²) in [4.78, 5) is 25.0. The van der Waals surface area contributed by atoms with Crippen LogP contribution in [0.2, 0.25) is 0 Å². The smallest absolute Gasteiger partial charge is 0.220 e. The zero-order chi connectivity index (χ0) is 21.4. The molecule has 0 radical (unpaired) electrons. The van der Waals surface area contributed by atoms with Crippen molar-refractivity contribution in [2.24, 2.45) is 17.6 Å². The number of carbonyl (C=O) groups is 1. The lowest BCUT2D eigenvalue weighted by Gasteiger charge is -2.09. The number of fused-ring (bicyclic) bond motifs is 1. The molecule has 0 bridgehead atoms. The number of hydrogen-bond acceptors (Lipinski definition) is 6. The topological polar surface area (TPSA) is 112 Å². The predicted octanol–water partition coefficient (Wildman–Crippen LogP) is 3.03. The minimum atomic E-state index is -0.203. The van der Waals surface area contributed by atoms with E-state index in [0.717, 1.165) is 54.0 Å². The molecule has 2 N–H and O–H groups in total. The molecular weight excluding hydrogens is 390 g/mol. The van der Waals surface area contributed by atoms with E-state index in [1.807, 2.05) is 43.5 Å². The molecule has 0 spiro atoms. The van der Waals surface area contributed by atoms with E-state index in [0.29, 0.717) is 17.1 Å². The highest BCUT2D eigenvalue weighted by atomic mass is 16.1. The maximum atomic E-state index is 11.4. The third-order valence-corrected chi connectivity index (χ3v) is 6.01. The molecule has 0 unspecified atom stereocenters. The van der Waals surface area contributed by atoms with Crippen LogP contribution < -0.4 is 5.73 Å². The van der Waals surface area contributed by atoms with Gasteiger partial charge in [0.1, 0.15) is 5.82 Å². The highest BCUT2D eigenvalue weighted by molar-refractivity contribution is 5.77. The lowest BCUT2D eigenvalue weighted by Crippen LogP contribution is -2.21. The van der Waals surface area contributed by atoms with Gasteiger partial charge >= 0.3 is 0 Å². The lowest BCUT2D eigenvalue weighted by atomic mass is 10.0. The zero-order valence-electron chi connectivity index (χ0n) is 17.3. The van der Waals surface area contributed by atoms with Gasteiger partial charge in [0.05, 0.1) is 11.9 Å². The number of nitrogens with two attached hydrogens (primary N) is 1. The predicted molar refractivity (Wildman–Crippen MR) is 116 cm³/mol. The van der Waals surface area contributed by atoms with Crippen LogP contribution in [0.3, 0.4) is 0 Å². The highest BCUT2D eigenvalue weighted by Gasteiger charge is 2.29. The van der Waals surface area contributed by atoms with Crippen molar-refractivity contribution in [2.75, 3.05) is 0 Å². The van der Waals surface area contributed by atoms with Crippen LogP contribution in [-0.2, 0) is 11.2 Å². The molecule has 5 rings (SSSR count). The molecule has 1 amide bonds. The summed E-state index contributed by atoms with van der Waals surface area (Å²) in [5.74, 6) is 0.893. The minimum Gasteiger partial charge on any atom is -0.369 e. The summed E-state index contributed by atoms with van der Waals surface area (Å²) in [5, 5.41) is 8.49. The van der Waals surface area contributed by atoms with Crippen LogP contribution in [0, 0.1) is 18.8 Å². The molecule has 8 heteroatoms. The first-order valence-corrected chi connectivity index (χ1v) is 10.5. The lowest BCUT2D eigenvalue weighted by molar-refractivity contribution is -0.121. The third kappa shape index (κ3) is 3.88. The molecule has 0 aliphatic heterocycles. The summed E-state index contributed by atoms with van der Waals surface area (Å²) < 4.78 is 1.73. The van der Waals surface area contributed by atoms with E-state index < -0.39 is 0 Å². The molecule has 2 atom stereocenters. The minimum absolute atomic E-state index is 0.0248. The van der Waals surface area contributed by atoms with Gasteiger partial charge in [-0.3, -0.25) is 9.78 Å². The van der Waals surface area contributed by atoms with Crippen molar-refractivity contribution in [2.45, 2.75) is 32.6 Å². The van der Waals surface area contributed by atoms with Crippen molar-refractivity contribution in [1.82, 2.24) is 29.9 Å². The molecule has 1 aliphatic rings. The number of nitrogens with zero attached hydrogens (tertiary/aromatic N) is 6. The van der Waals surface area contributed by atoms with Crippen LogP contribution in [0.4, 0.5) is 0 Å². The number of amides is 1. The molecule has 1 saturated carbocycles. The number of primary amides is 1. The van der Waals surface area contributed by atoms with Gasteiger partial charge in [-0.2, -0.15) is 4.68 Å². The van der Waals surface area contributed by atoms with E-state index >= 15 is 0 Å². The maximum Gasteiger partial charge on any atom is 0.220 e. The van der Waals surface area contributed by atoms with Crippen molar-refractivity contribution < 1.29 is 4.79 Å². The van der Waals surface area contributed by atoms with Crippen molar-refractivity contribution in [1.29, 1.82) is 0 Å². The normalized spacial score (nSPS) is 18.5. The summed E-state index contributed by atoms with van der Waals surface area (Å²) in [6, 6.07) is 12.1. The second-order valence-electron chi connectivity index (χ2n) is 8.21. The van der Waals surface area contributed by atoms with E-state index in [2.05, 4.69) is 26.3 Å². The van der Waals surface area contributed by atoms with E-state index in [-0.39, 0.29) is 11.8 Å². The van der Waals surface area contributed by atoms with E-state index in [9.17, 15) is 4.79 Å². The Labute approximate surface area is 179 Å². The van der Waals surface area contributed by atoms with Crippen molar-refractivity contribution in [3.8, 4) is 16.8 Å². The highest BCUT2D eigenvalue weighted by Crippen LogP contribution is 2.32. The Balaban J connectivity index is 1.39. The molecule has 4 aromatic rings. The van der Waals surface area contributed by atoms with Gasteiger partial charge in [0, 0.05) is 29.8 Å². The fourth-order valence-electron chi connectivity index (χ4n) is 4.25. The number of benzene rings is 1. The Morgan fingerprint density at radius 3 is 2.58 bits per heavy atom. The van der Waals surface area contributed by atoms with Crippen LogP contribution >= 0.6 is 0 Å². The Morgan fingerprint density at radius 1 is 1.06 bits per heavy atom. The van der Waals surface area contributed by atoms with Gasteiger partial charge in [0.15, 0.2) is 11.2 Å². The van der Waals surface area contributed by atoms with E-state index in [4.69, 9.17) is 10.7 Å². The number of carbonyl (C=O) groups excluding carboxylic acids is 1. The molecule has 3 heterocycles. The monoisotopic (exact) mass is 413 g/mol. The second kappa shape index (κ2) is 7.86. The summed E-state index contributed by atoms with van der Waals surface area (Å²) >= 11 is 0. The first-order chi connectivity index (χ1) is 15.1. The summed E-state index contributed by atoms with van der Waals surface area (Å²) in [6.45, 7) is 1.97. The van der Waals surface area contributed by atoms with Crippen LogP contribution in [0.15, 0.2) is 48.8 Å². The molecule has 1 fully saturated rings. The van der Waals surface area contributed by atoms with Crippen LogP contribution in [0.25, 0.3) is 28.0 Å². The Hall–Kier alpha value is -3.68. The molecule has 156 valence electrons. The molecule has 8 nitrogen and oxygen atoms in total. The Morgan fingerprint density at radius 2 is 1.87 bits per heavy atom. The van der Waals surface area contributed by atoms with Gasteiger partial charge in [-0.25, -0.2) is 9.97 Å². The number of rotatable bonds is 5. The molecular formula is C23H23N7O. The standard InChI is InChI=1S/C23H23N7O/c1-14-2-4-18(12-25-14)16-6-8-19(9-7-16)30-23-20(28-29-30)13-26-21(27-23)11-15-3-5-17(10-15)22(24)31/h2,4,6-9,12-13,15,17H,3,5,10-11H2,1H3,(H2,24,31)/t15-,17-/m1/s1. The number of pyridine rings is 1. The van der Waals surface area contributed by atoms with Gasteiger partial charge in [-0.1, -0.05) is 23.4 Å². The molecule has 3 aromatic heterocycles. The summed E-state index contributed by atoms with van der Waals surface area (Å²) in [5.41, 5.74) is 10.8. The van der Waals surface area contributed by atoms with Crippen molar-refractivity contribution in [3.05, 3.63) is 60.3 Å². The molecule has 31 heavy (non-hydrogen) atoms. The van der Waals surface area contributed by atoms with Gasteiger partial charge in [0.2, 0.25) is 5.91 Å². The number of hydrogen-bond donors (Lipinski definition) is 1. The van der Waals surface area contributed by atoms with Crippen LogP contribution in [-0.4, -0.2) is 35.9 Å². The van der Waals surface area contributed by atoms with Crippen molar-refractivity contribution in [3.63, 3.8) is 0 Å². The van der Waals surface area contributed by atoms with Gasteiger partial charge < -0.3 is 5.73 Å². The fourth-order valence-corrected chi connectivity index (χ4v) is 4.25. The summed E-state index contributed by atoms with van der Waals surface area (Å²) in [6.07, 6.45) is 6.95. The Bertz CT molecular complexity index is 1230.